The molecule has 14 aromatic rings. The third-order valence-electron chi connectivity index (χ3n) is 12.7. The van der Waals surface area contributed by atoms with Crippen LogP contribution in [0.3, 0.4) is 0 Å². The van der Waals surface area contributed by atoms with Gasteiger partial charge in [-0.2, -0.15) is 9.97 Å². The van der Waals surface area contributed by atoms with Crippen LogP contribution in [0.5, 0.6) is 0 Å². The Morgan fingerprint density at radius 1 is 0.420 bits per heavy atom. The Labute approximate surface area is 416 Å². The fraction of sp³-hybridized carbons (Fsp3) is 0. The molecule has 14 rings (SSSR count). The predicted octanol–water partition coefficient (Wildman–Crippen LogP) is 17.2. The predicted molar refractivity (Wildman–Crippen MR) is 287 cm³/mol. The van der Waals surface area contributed by atoms with Gasteiger partial charge in [-0.15, -0.1) is 11.3 Å². The smallest absolute Gasteiger partial charge is 0.238 e. The van der Waals surface area contributed by atoms with E-state index in [4.69, 9.17) is 30.3 Å². The SMILES string of the molecule is [2H]c1c([2H])c([2H])c(-c2c([2H])c([2H])c([2H])c3oc4c([2H])c(-c5nc(-c6cc(-c7ccccc7)cc(-c7ccccc7)c6)nc(-n6c7cc(-c8ccccc8)ccc7c7ccc8c9ccccc9sc8c76)n5)c([2H])c([2H])c4c23)c([2H])c1[2H]. The first-order chi connectivity index (χ1) is 38.8. The van der Waals surface area contributed by atoms with Crippen LogP contribution in [0.4, 0.5) is 0 Å². The van der Waals surface area contributed by atoms with Crippen molar-refractivity contribution in [3.05, 3.63) is 230 Å². The van der Waals surface area contributed by atoms with Crippen molar-refractivity contribution in [1.29, 1.82) is 0 Å². The molecule has 5 nitrogen and oxygen atoms in total. The topological polar surface area (TPSA) is 56.7 Å². The van der Waals surface area contributed by atoms with Crippen LogP contribution in [-0.2, 0) is 0 Å². The largest absolute Gasteiger partial charge is 0.456 e. The number of hydrogen-bond acceptors (Lipinski definition) is 5. The molecule has 6 heteroatoms. The quantitative estimate of drug-likeness (QED) is 0.160. The second-order valence-electron chi connectivity index (χ2n) is 16.7. The number of furan rings is 1. The molecule has 69 heavy (non-hydrogen) atoms. The fourth-order valence-electron chi connectivity index (χ4n) is 9.48. The molecular weight excluding hydrogens is 861 g/mol. The zero-order valence-electron chi connectivity index (χ0n) is 47.2. The van der Waals surface area contributed by atoms with Gasteiger partial charge in [-0.05, 0) is 93.0 Å². The minimum absolute atomic E-state index is 0.149. The molecule has 4 aromatic heterocycles. The number of nitrogens with zero attached hydrogens (tertiary/aromatic N) is 4. The first kappa shape index (κ1) is 29.6. The van der Waals surface area contributed by atoms with Gasteiger partial charge in [0.15, 0.2) is 11.6 Å². The van der Waals surface area contributed by atoms with Gasteiger partial charge in [0.05, 0.1) is 30.8 Å². The third-order valence-corrected chi connectivity index (χ3v) is 13.8. The second-order valence-corrected chi connectivity index (χ2v) is 17.7. The summed E-state index contributed by atoms with van der Waals surface area (Å²) in [5.41, 5.74) is 5.98. The summed E-state index contributed by atoms with van der Waals surface area (Å²) in [6.45, 7) is 0. The van der Waals surface area contributed by atoms with Crippen LogP contribution >= 0.6 is 11.3 Å². The van der Waals surface area contributed by atoms with Crippen LogP contribution in [0, 0.1) is 0 Å². The molecule has 4 heterocycles. The molecule has 0 N–H and O–H groups in total. The van der Waals surface area contributed by atoms with Gasteiger partial charge in [0.1, 0.15) is 11.2 Å². The molecule has 10 aromatic carbocycles. The van der Waals surface area contributed by atoms with Crippen molar-refractivity contribution in [2.75, 3.05) is 0 Å². The van der Waals surface area contributed by atoms with Gasteiger partial charge in [-0.25, -0.2) is 4.98 Å². The highest BCUT2D eigenvalue weighted by Crippen LogP contribution is 2.44. The highest BCUT2D eigenvalue weighted by molar-refractivity contribution is 7.26. The van der Waals surface area contributed by atoms with Crippen LogP contribution in [0.25, 0.3) is 137 Å². The minimum Gasteiger partial charge on any atom is -0.456 e. The van der Waals surface area contributed by atoms with Gasteiger partial charge in [-0.3, -0.25) is 4.57 Å². The molecule has 322 valence electrons. The van der Waals surface area contributed by atoms with E-state index < -0.39 is 72.0 Å². The highest BCUT2D eigenvalue weighted by atomic mass is 32.1. The zero-order valence-corrected chi connectivity index (χ0v) is 37.0. The number of fused-ring (bicyclic) bond motifs is 10. The number of benzene rings is 10. The maximum atomic E-state index is 10.0. The van der Waals surface area contributed by atoms with Crippen molar-refractivity contribution in [1.82, 2.24) is 19.5 Å². The summed E-state index contributed by atoms with van der Waals surface area (Å²) >= 11 is 1.65. The Morgan fingerprint density at radius 3 is 1.80 bits per heavy atom. The van der Waals surface area contributed by atoms with E-state index in [0.717, 1.165) is 75.4 Å². The van der Waals surface area contributed by atoms with Crippen molar-refractivity contribution in [2.24, 2.45) is 0 Å². The molecule has 0 amide bonds. The molecule has 0 radical (unpaired) electrons. The van der Waals surface area contributed by atoms with Crippen LogP contribution < -0.4 is 0 Å². The molecule has 0 aliphatic rings. The van der Waals surface area contributed by atoms with E-state index in [1.54, 1.807) is 11.3 Å². The van der Waals surface area contributed by atoms with Gasteiger partial charge in [0.2, 0.25) is 5.95 Å². The molecule has 0 fully saturated rings. The lowest BCUT2D eigenvalue weighted by Crippen LogP contribution is -2.06. The molecule has 0 aliphatic heterocycles. The highest BCUT2D eigenvalue weighted by Gasteiger charge is 2.23. The van der Waals surface area contributed by atoms with E-state index in [2.05, 4.69) is 48.5 Å². The minimum atomic E-state index is -0.696. The first-order valence-electron chi connectivity index (χ1n) is 27.8. The van der Waals surface area contributed by atoms with Gasteiger partial charge in [0.25, 0.3) is 0 Å². The third kappa shape index (κ3) is 6.56. The van der Waals surface area contributed by atoms with Crippen LogP contribution in [-0.4, -0.2) is 19.5 Å². The molecule has 0 atom stereocenters. The van der Waals surface area contributed by atoms with Crippen LogP contribution in [0.1, 0.15) is 15.1 Å². The van der Waals surface area contributed by atoms with E-state index in [0.29, 0.717) is 5.56 Å². The first-order valence-corrected chi connectivity index (χ1v) is 23.1. The molecular formula is C63H38N4OS. The van der Waals surface area contributed by atoms with Crippen LogP contribution in [0.15, 0.2) is 235 Å². The van der Waals surface area contributed by atoms with E-state index in [9.17, 15) is 4.11 Å². The van der Waals surface area contributed by atoms with Gasteiger partial charge in [0, 0.05) is 48.1 Å². The lowest BCUT2D eigenvalue weighted by Gasteiger charge is -2.14. The number of thiophene rings is 1. The number of aromatic nitrogens is 4. The number of hydrogen-bond donors (Lipinski definition) is 0. The summed E-state index contributed by atoms with van der Waals surface area (Å²) in [6, 6.07) is 47.9. The van der Waals surface area contributed by atoms with Crippen LogP contribution in [0.2, 0.25) is 0 Å². The fourth-order valence-corrected chi connectivity index (χ4v) is 10.7. The second kappa shape index (κ2) is 15.8. The summed E-state index contributed by atoms with van der Waals surface area (Å²) in [7, 11) is 0. The molecule has 0 spiro atoms. The van der Waals surface area contributed by atoms with Crippen molar-refractivity contribution in [3.8, 4) is 73.2 Å². The lowest BCUT2D eigenvalue weighted by molar-refractivity contribution is 0.669. The van der Waals surface area contributed by atoms with Gasteiger partial charge < -0.3 is 4.42 Å². The lowest BCUT2D eigenvalue weighted by atomic mass is 9.96. The molecule has 0 saturated heterocycles. The molecule has 0 unspecified atom stereocenters. The van der Waals surface area contributed by atoms with Crippen molar-refractivity contribution in [3.63, 3.8) is 0 Å². The summed E-state index contributed by atoms with van der Waals surface area (Å²) in [4.78, 5) is 15.8. The maximum absolute atomic E-state index is 10.0. The van der Waals surface area contributed by atoms with Crippen molar-refractivity contribution >= 4 is 75.3 Å². The monoisotopic (exact) mass is 909 g/mol. The van der Waals surface area contributed by atoms with Gasteiger partial charge >= 0.3 is 0 Å². The van der Waals surface area contributed by atoms with Crippen molar-refractivity contribution < 1.29 is 19.5 Å². The van der Waals surface area contributed by atoms with Gasteiger partial charge in [-0.1, -0.05) is 182 Å². The maximum Gasteiger partial charge on any atom is 0.238 e. The molecule has 0 bridgehead atoms. The average Bonchev–Trinajstić information content (AvgIpc) is 4.36. The Bertz CT molecular complexity index is 4880. The van der Waals surface area contributed by atoms with E-state index in [1.807, 2.05) is 120 Å². The summed E-state index contributed by atoms with van der Waals surface area (Å²) in [5.74, 6) is 0.179. The number of rotatable bonds is 7. The van der Waals surface area contributed by atoms with Crippen molar-refractivity contribution in [2.45, 2.75) is 0 Å². The average molecular weight is 910 g/mol. The van der Waals surface area contributed by atoms with E-state index >= 15 is 0 Å². The standard InChI is InChI=1S/C63H38N4OS/c1-5-16-39(17-6-1)43-28-30-49-51-32-33-52-50-24-13-14-27-57(50)69-60(52)59(51)67(54(49)37-43)63-65-61(44-29-31-53-56(38-44)68-55-26-15-25-48(58(53)55)42-22-11-4-12-23-42)64-62(66-63)47-35-45(40-18-7-2-8-19-40)34-46(36-47)41-20-9-3-10-21-41/h1-38H/i4D,11D,12D,15D,22D,23D,25D,26D,29D,31D,38D. The molecule has 0 saturated carbocycles. The summed E-state index contributed by atoms with van der Waals surface area (Å²) in [6.07, 6.45) is 0. The summed E-state index contributed by atoms with van der Waals surface area (Å²) in [5, 5.41) is 3.54. The Hall–Kier alpha value is -8.97. The summed E-state index contributed by atoms with van der Waals surface area (Å²) < 4.78 is 110. The normalized spacial score (nSPS) is 14.0. The Morgan fingerprint density at radius 2 is 1.06 bits per heavy atom. The molecule has 0 aliphatic carbocycles. The zero-order chi connectivity index (χ0) is 55.0. The Balaban J connectivity index is 1.12. The van der Waals surface area contributed by atoms with E-state index in [-0.39, 0.29) is 50.7 Å². The Kier molecular flexibility index (Phi) is 6.80. The van der Waals surface area contributed by atoms with E-state index in [1.165, 1.54) is 0 Å².